The van der Waals surface area contributed by atoms with Crippen LogP contribution >= 0.6 is 0 Å². The number of aromatic nitrogens is 1. The summed E-state index contributed by atoms with van der Waals surface area (Å²) in [6.07, 6.45) is 1.55. The van der Waals surface area contributed by atoms with Gasteiger partial charge >= 0.3 is 0 Å². The SMILES string of the molecule is CC(=O)Nc1cccc(NS(=O)(=O)c2cccc3cccnc23)c1. The van der Waals surface area contributed by atoms with Crippen LogP contribution in [0.2, 0.25) is 0 Å². The Hall–Kier alpha value is -2.93. The molecule has 0 aliphatic carbocycles. The molecule has 0 atom stereocenters. The van der Waals surface area contributed by atoms with Gasteiger partial charge in [0.25, 0.3) is 10.0 Å². The van der Waals surface area contributed by atoms with Crippen LogP contribution in [0.25, 0.3) is 10.9 Å². The van der Waals surface area contributed by atoms with Gasteiger partial charge in [0.1, 0.15) is 4.90 Å². The Morgan fingerprint density at radius 1 is 1.00 bits per heavy atom. The maximum absolute atomic E-state index is 12.7. The number of sulfonamides is 1. The highest BCUT2D eigenvalue weighted by atomic mass is 32.2. The van der Waals surface area contributed by atoms with Crippen LogP contribution in [0, 0.1) is 0 Å². The quantitative estimate of drug-likeness (QED) is 0.763. The molecule has 6 nitrogen and oxygen atoms in total. The summed E-state index contributed by atoms with van der Waals surface area (Å²) in [4.78, 5) is 15.4. The number of anilines is 2. The molecule has 7 heteroatoms. The normalized spacial score (nSPS) is 11.2. The molecule has 0 aliphatic rings. The number of fused-ring (bicyclic) bond motifs is 1. The van der Waals surface area contributed by atoms with Gasteiger partial charge in [-0.2, -0.15) is 0 Å². The molecule has 0 fully saturated rings. The number of amides is 1. The number of nitrogens with zero attached hydrogens (tertiary/aromatic N) is 1. The molecule has 24 heavy (non-hydrogen) atoms. The van der Waals surface area contributed by atoms with E-state index in [1.165, 1.54) is 13.0 Å². The summed E-state index contributed by atoms with van der Waals surface area (Å²) in [7, 11) is -3.81. The number of carbonyl (C=O) groups excluding carboxylic acids is 1. The van der Waals surface area contributed by atoms with Crippen LogP contribution in [0.1, 0.15) is 6.92 Å². The van der Waals surface area contributed by atoms with E-state index in [9.17, 15) is 13.2 Å². The summed E-state index contributed by atoms with van der Waals surface area (Å²) in [5.74, 6) is -0.228. The second-order valence-corrected chi connectivity index (χ2v) is 6.85. The molecule has 0 saturated heterocycles. The van der Waals surface area contributed by atoms with Crippen molar-refractivity contribution >= 4 is 38.2 Å². The molecule has 2 aromatic carbocycles. The number of rotatable bonds is 4. The monoisotopic (exact) mass is 341 g/mol. The van der Waals surface area contributed by atoms with E-state index >= 15 is 0 Å². The molecule has 0 saturated carbocycles. The van der Waals surface area contributed by atoms with Crippen molar-refractivity contribution in [2.75, 3.05) is 10.0 Å². The minimum atomic E-state index is -3.81. The maximum atomic E-state index is 12.7. The molecule has 1 amide bonds. The van der Waals surface area contributed by atoms with Crippen molar-refractivity contribution in [2.45, 2.75) is 11.8 Å². The third kappa shape index (κ3) is 3.36. The van der Waals surface area contributed by atoms with E-state index in [2.05, 4.69) is 15.0 Å². The van der Waals surface area contributed by atoms with Crippen molar-refractivity contribution in [2.24, 2.45) is 0 Å². The molecule has 0 unspecified atom stereocenters. The van der Waals surface area contributed by atoms with Crippen LogP contribution in [0.4, 0.5) is 11.4 Å². The Bertz CT molecular complexity index is 1010. The number of hydrogen-bond acceptors (Lipinski definition) is 4. The standard InChI is InChI=1S/C17H15N3O3S/c1-12(21)19-14-7-3-8-15(11-14)20-24(22,23)16-9-2-5-13-6-4-10-18-17(13)16/h2-11,20H,1H3,(H,19,21). The zero-order valence-electron chi connectivity index (χ0n) is 12.9. The van der Waals surface area contributed by atoms with E-state index in [1.54, 1.807) is 54.7 Å². The van der Waals surface area contributed by atoms with Gasteiger partial charge in [-0.3, -0.25) is 14.5 Å². The summed E-state index contributed by atoms with van der Waals surface area (Å²) >= 11 is 0. The molecule has 1 aromatic heterocycles. The number of nitrogens with one attached hydrogen (secondary N) is 2. The first-order chi connectivity index (χ1) is 11.5. The number of pyridine rings is 1. The lowest BCUT2D eigenvalue weighted by Crippen LogP contribution is -2.14. The predicted molar refractivity (Wildman–Crippen MR) is 93.3 cm³/mol. The molecular formula is C17H15N3O3S. The van der Waals surface area contributed by atoms with Crippen LogP contribution < -0.4 is 10.0 Å². The third-order valence-electron chi connectivity index (χ3n) is 3.32. The van der Waals surface area contributed by atoms with Crippen molar-refractivity contribution in [3.63, 3.8) is 0 Å². The molecule has 3 aromatic rings. The first-order valence-corrected chi connectivity index (χ1v) is 8.68. The highest BCUT2D eigenvalue weighted by Gasteiger charge is 2.18. The van der Waals surface area contributed by atoms with Gasteiger partial charge in [0, 0.05) is 24.2 Å². The fraction of sp³-hybridized carbons (Fsp3) is 0.0588. The number of carbonyl (C=O) groups is 1. The number of para-hydroxylation sites is 1. The van der Waals surface area contributed by atoms with Crippen molar-refractivity contribution in [3.8, 4) is 0 Å². The Balaban J connectivity index is 1.98. The van der Waals surface area contributed by atoms with E-state index in [1.807, 2.05) is 0 Å². The summed E-state index contributed by atoms with van der Waals surface area (Å²) in [6, 6.07) is 15.0. The van der Waals surface area contributed by atoms with Crippen LogP contribution in [-0.2, 0) is 14.8 Å². The van der Waals surface area contributed by atoms with Gasteiger partial charge in [-0.25, -0.2) is 8.42 Å². The second-order valence-electron chi connectivity index (χ2n) is 5.20. The first kappa shape index (κ1) is 15.9. The molecule has 3 rings (SSSR count). The van der Waals surface area contributed by atoms with Crippen LogP contribution in [0.5, 0.6) is 0 Å². The summed E-state index contributed by atoms with van der Waals surface area (Å²) in [5.41, 5.74) is 1.28. The minimum Gasteiger partial charge on any atom is -0.326 e. The van der Waals surface area contributed by atoms with Gasteiger partial charge in [0.05, 0.1) is 11.2 Å². The highest BCUT2D eigenvalue weighted by molar-refractivity contribution is 7.93. The van der Waals surface area contributed by atoms with Crippen molar-refractivity contribution < 1.29 is 13.2 Å². The van der Waals surface area contributed by atoms with Crippen LogP contribution in [0.15, 0.2) is 65.7 Å². The fourth-order valence-corrected chi connectivity index (χ4v) is 3.60. The van der Waals surface area contributed by atoms with Gasteiger partial charge in [0.15, 0.2) is 0 Å². The zero-order valence-corrected chi connectivity index (χ0v) is 13.7. The molecule has 1 heterocycles. The topological polar surface area (TPSA) is 88.2 Å². The first-order valence-electron chi connectivity index (χ1n) is 7.20. The average molecular weight is 341 g/mol. The lowest BCUT2D eigenvalue weighted by atomic mass is 10.2. The lowest BCUT2D eigenvalue weighted by Gasteiger charge is -2.11. The molecule has 0 bridgehead atoms. The number of hydrogen-bond donors (Lipinski definition) is 2. The third-order valence-corrected chi connectivity index (χ3v) is 4.73. The second kappa shape index (κ2) is 6.29. The van der Waals surface area contributed by atoms with Crippen molar-refractivity contribution in [3.05, 3.63) is 60.8 Å². The Morgan fingerprint density at radius 3 is 2.50 bits per heavy atom. The number of benzene rings is 2. The summed E-state index contributed by atoms with van der Waals surface area (Å²) < 4.78 is 27.9. The molecule has 0 spiro atoms. The molecule has 0 aliphatic heterocycles. The summed E-state index contributed by atoms with van der Waals surface area (Å²) in [5, 5.41) is 3.36. The van der Waals surface area contributed by atoms with E-state index in [-0.39, 0.29) is 10.8 Å². The van der Waals surface area contributed by atoms with E-state index in [4.69, 9.17) is 0 Å². The van der Waals surface area contributed by atoms with Gasteiger partial charge in [-0.05, 0) is 30.3 Å². The molecule has 2 N–H and O–H groups in total. The van der Waals surface area contributed by atoms with Crippen LogP contribution in [-0.4, -0.2) is 19.3 Å². The summed E-state index contributed by atoms with van der Waals surface area (Å²) in [6.45, 7) is 1.39. The molecule has 122 valence electrons. The van der Waals surface area contributed by atoms with E-state index in [0.29, 0.717) is 16.9 Å². The van der Waals surface area contributed by atoms with Crippen molar-refractivity contribution in [1.82, 2.24) is 4.98 Å². The Morgan fingerprint density at radius 2 is 1.71 bits per heavy atom. The van der Waals surface area contributed by atoms with Gasteiger partial charge < -0.3 is 5.32 Å². The van der Waals surface area contributed by atoms with Gasteiger partial charge in [-0.15, -0.1) is 0 Å². The minimum absolute atomic E-state index is 0.102. The Kier molecular flexibility index (Phi) is 4.18. The van der Waals surface area contributed by atoms with E-state index in [0.717, 1.165) is 5.39 Å². The fourth-order valence-electron chi connectivity index (χ4n) is 2.37. The van der Waals surface area contributed by atoms with Gasteiger partial charge in [-0.1, -0.05) is 24.3 Å². The lowest BCUT2D eigenvalue weighted by molar-refractivity contribution is -0.114. The van der Waals surface area contributed by atoms with E-state index < -0.39 is 10.0 Å². The molecule has 0 radical (unpaired) electrons. The largest absolute Gasteiger partial charge is 0.326 e. The maximum Gasteiger partial charge on any atom is 0.264 e. The molecular weight excluding hydrogens is 326 g/mol. The predicted octanol–water partition coefficient (Wildman–Crippen LogP) is 2.99. The van der Waals surface area contributed by atoms with Gasteiger partial charge in [0.2, 0.25) is 5.91 Å². The Labute approximate surface area is 139 Å². The smallest absolute Gasteiger partial charge is 0.264 e. The zero-order chi connectivity index (χ0) is 17.2. The average Bonchev–Trinajstić information content (AvgIpc) is 2.53. The van der Waals surface area contributed by atoms with Crippen LogP contribution in [0.3, 0.4) is 0 Å². The van der Waals surface area contributed by atoms with Crippen molar-refractivity contribution in [1.29, 1.82) is 0 Å². The highest BCUT2D eigenvalue weighted by Crippen LogP contribution is 2.24.